The number of carbonyl (C=O) groups excluding carboxylic acids is 3. The summed E-state index contributed by atoms with van der Waals surface area (Å²) in [7, 11) is 0. The lowest BCUT2D eigenvalue weighted by atomic mass is 10.0. The molecule has 188 valence electrons. The van der Waals surface area contributed by atoms with Crippen LogP contribution in [0, 0.1) is 40.8 Å². The Morgan fingerprint density at radius 3 is 2.08 bits per heavy atom. The van der Waals surface area contributed by atoms with Gasteiger partial charge in [0.25, 0.3) is 0 Å². The van der Waals surface area contributed by atoms with Crippen LogP contribution in [0.3, 0.4) is 0 Å². The summed E-state index contributed by atoms with van der Waals surface area (Å²) in [6.07, 6.45) is -0.515. The third-order valence-corrected chi connectivity index (χ3v) is 6.33. The minimum Gasteiger partial charge on any atom is -0.446 e. The third kappa shape index (κ3) is 5.88. The number of hydrogen-bond donors (Lipinski definition) is 2. The van der Waals surface area contributed by atoms with E-state index in [2.05, 4.69) is 15.0 Å². The lowest BCUT2D eigenvalue weighted by Gasteiger charge is -2.22. The van der Waals surface area contributed by atoms with Gasteiger partial charge in [-0.25, -0.2) is 14.5 Å². The fourth-order valence-corrected chi connectivity index (χ4v) is 3.71. The highest BCUT2D eigenvalue weighted by Gasteiger charge is 2.38. The smallest absolute Gasteiger partial charge is 0.415 e. The molecule has 0 unspecified atom stereocenters. The fraction of sp³-hybridized carbons (Fsp3) is 0.370. The zero-order chi connectivity index (χ0) is 27.2. The van der Waals surface area contributed by atoms with Gasteiger partial charge in [0.15, 0.2) is 22.9 Å². The van der Waals surface area contributed by atoms with E-state index in [1.807, 2.05) is 27.7 Å². The predicted octanol–water partition coefficient (Wildman–Crippen LogP) is 4.98. The van der Waals surface area contributed by atoms with Gasteiger partial charge in [-0.2, -0.15) is 0 Å². The summed E-state index contributed by atoms with van der Waals surface area (Å²) >= 11 is 0. The average molecular weight is 491 g/mol. The van der Waals surface area contributed by atoms with E-state index in [1.165, 1.54) is 18.7 Å². The Bertz CT molecular complexity index is 1270. The zero-order valence-electron chi connectivity index (χ0n) is 21.3. The fourth-order valence-electron chi connectivity index (χ4n) is 3.71. The van der Waals surface area contributed by atoms with Gasteiger partial charge in [0, 0.05) is 11.4 Å². The van der Waals surface area contributed by atoms with Crippen molar-refractivity contribution in [1.29, 1.82) is 0 Å². The van der Waals surface area contributed by atoms with E-state index >= 15 is 0 Å². The number of aliphatic hydroxyl groups is 1. The monoisotopic (exact) mass is 490 g/mol. The van der Waals surface area contributed by atoms with E-state index in [0.29, 0.717) is 17.1 Å². The summed E-state index contributed by atoms with van der Waals surface area (Å²) in [4.78, 5) is 42.8. The molecule has 2 atom stereocenters. The molecule has 2 aromatic rings. The van der Waals surface area contributed by atoms with Crippen LogP contribution in [0.2, 0.25) is 0 Å². The first-order valence-corrected chi connectivity index (χ1v) is 11.3. The van der Waals surface area contributed by atoms with Crippen molar-refractivity contribution in [3.05, 3.63) is 69.4 Å². The largest absolute Gasteiger partial charge is 0.446 e. The lowest BCUT2D eigenvalue weighted by Crippen LogP contribution is -2.38. The second kappa shape index (κ2) is 12.0. The highest BCUT2D eigenvalue weighted by molar-refractivity contribution is 6.00. The number of cyclic esters (lactones) is 1. The molecule has 36 heavy (non-hydrogen) atoms. The minimum absolute atomic E-state index is 0.0806. The van der Waals surface area contributed by atoms with Crippen molar-refractivity contribution < 1.29 is 24.2 Å². The molecule has 0 radical (unpaired) electrons. The maximum atomic E-state index is 11.8. The normalized spacial score (nSPS) is 15.1. The number of Topliss-reactive ketones (excluding diaryl/α,β-unsaturated/α-hetero) is 2. The van der Waals surface area contributed by atoms with Crippen molar-refractivity contribution >= 4 is 40.4 Å². The molecule has 0 aromatic heterocycles. The molecular weight excluding hydrogens is 460 g/mol. The Morgan fingerprint density at radius 1 is 1.03 bits per heavy atom. The average Bonchev–Trinajstić information content (AvgIpc) is 3.23. The summed E-state index contributed by atoms with van der Waals surface area (Å²) < 4.78 is 4.95. The van der Waals surface area contributed by atoms with Gasteiger partial charge in [-0.05, 0) is 75.9 Å². The first kappa shape index (κ1) is 28.0. The second-order valence-corrected chi connectivity index (χ2v) is 8.52. The van der Waals surface area contributed by atoms with Gasteiger partial charge < -0.3 is 15.2 Å². The molecule has 9 nitrogen and oxygen atoms in total. The summed E-state index contributed by atoms with van der Waals surface area (Å²) in [6.45, 7) is 24.2. The Morgan fingerprint density at radius 2 is 1.58 bits per heavy atom. The van der Waals surface area contributed by atoms with Crippen LogP contribution in [-0.4, -0.2) is 48.1 Å². The first-order valence-electron chi connectivity index (χ1n) is 11.3. The summed E-state index contributed by atoms with van der Waals surface area (Å²) in [5.74, 6) is -0.226. The van der Waals surface area contributed by atoms with Crippen LogP contribution in [-0.2, 0) is 14.3 Å². The Balaban J connectivity index is 0.000000255. The Labute approximate surface area is 211 Å². The van der Waals surface area contributed by atoms with Crippen LogP contribution in [0.25, 0.3) is 9.69 Å². The van der Waals surface area contributed by atoms with Crippen molar-refractivity contribution in [3.63, 3.8) is 0 Å². The van der Waals surface area contributed by atoms with Crippen LogP contribution < -0.4 is 10.2 Å². The quantitative estimate of drug-likeness (QED) is 0.553. The summed E-state index contributed by atoms with van der Waals surface area (Å²) in [5, 5.41) is 12.1. The third-order valence-electron chi connectivity index (χ3n) is 6.33. The molecule has 1 aliphatic heterocycles. The highest BCUT2D eigenvalue weighted by atomic mass is 16.6. The van der Waals surface area contributed by atoms with Crippen LogP contribution in [0.5, 0.6) is 0 Å². The predicted molar refractivity (Wildman–Crippen MR) is 138 cm³/mol. The number of carbonyl (C=O) groups is 3. The molecule has 0 spiro atoms. The molecule has 2 aromatic carbocycles. The molecule has 1 heterocycles. The number of ketones is 2. The van der Waals surface area contributed by atoms with Gasteiger partial charge >= 0.3 is 6.09 Å². The molecular formula is C27H30N4O5. The van der Waals surface area contributed by atoms with Crippen molar-refractivity contribution in [2.24, 2.45) is 0 Å². The summed E-state index contributed by atoms with van der Waals surface area (Å²) in [5.41, 5.74) is 6.03. The Hall–Kier alpha value is -4.21. The van der Waals surface area contributed by atoms with E-state index in [9.17, 15) is 14.4 Å². The second-order valence-electron chi connectivity index (χ2n) is 8.52. The van der Waals surface area contributed by atoms with Crippen LogP contribution in [0.15, 0.2) is 24.3 Å². The van der Waals surface area contributed by atoms with Gasteiger partial charge in [-0.3, -0.25) is 14.5 Å². The lowest BCUT2D eigenvalue weighted by molar-refractivity contribution is -0.119. The van der Waals surface area contributed by atoms with E-state index in [4.69, 9.17) is 23.0 Å². The number of ether oxygens (including phenoxy) is 1. The minimum atomic E-state index is -0.591. The molecule has 1 amide bonds. The number of aliphatic hydroxyl groups excluding tert-OH is 1. The number of rotatable bonds is 6. The Kier molecular flexibility index (Phi) is 9.32. The van der Waals surface area contributed by atoms with E-state index < -0.39 is 18.2 Å². The number of benzene rings is 2. The van der Waals surface area contributed by atoms with Crippen LogP contribution >= 0.6 is 0 Å². The first-order chi connectivity index (χ1) is 17.0. The maximum absolute atomic E-state index is 11.8. The molecule has 1 fully saturated rings. The SMILES string of the molecule is [C-]#[N+]c1ccc(N2C(=O)OC[C@@H]2C(C)=O)c(C)c1C.[C-]#[N+]c1ccc(N[C@H](CO)C(C)=O)c(C)c1C. The summed E-state index contributed by atoms with van der Waals surface area (Å²) in [6, 6.07) is 5.66. The topological polar surface area (TPSA) is 105 Å². The highest BCUT2D eigenvalue weighted by Crippen LogP contribution is 2.33. The molecule has 0 aliphatic carbocycles. The molecule has 9 heteroatoms. The number of hydrogen-bond acceptors (Lipinski definition) is 6. The number of nitrogens with one attached hydrogen (secondary N) is 1. The number of nitrogens with zero attached hydrogens (tertiary/aromatic N) is 3. The van der Waals surface area contributed by atoms with Crippen molar-refractivity contribution in [1.82, 2.24) is 0 Å². The molecule has 2 N–H and O–H groups in total. The van der Waals surface area contributed by atoms with E-state index in [0.717, 1.165) is 27.9 Å². The molecule has 0 bridgehead atoms. The van der Waals surface area contributed by atoms with Crippen molar-refractivity contribution in [2.75, 3.05) is 23.4 Å². The van der Waals surface area contributed by atoms with Crippen molar-refractivity contribution in [3.8, 4) is 0 Å². The van der Waals surface area contributed by atoms with Gasteiger partial charge in [0.1, 0.15) is 18.7 Å². The molecule has 3 rings (SSSR count). The van der Waals surface area contributed by atoms with E-state index in [1.54, 1.807) is 24.3 Å². The van der Waals surface area contributed by atoms with Crippen LogP contribution in [0.4, 0.5) is 27.5 Å². The van der Waals surface area contributed by atoms with Gasteiger partial charge in [-0.15, -0.1) is 0 Å². The van der Waals surface area contributed by atoms with Crippen LogP contribution in [0.1, 0.15) is 36.1 Å². The molecule has 0 saturated carbocycles. The number of amides is 1. The van der Waals surface area contributed by atoms with E-state index in [-0.39, 0.29) is 24.8 Å². The van der Waals surface area contributed by atoms with Gasteiger partial charge in [0.05, 0.1) is 19.8 Å². The number of anilines is 2. The maximum Gasteiger partial charge on any atom is 0.415 e. The van der Waals surface area contributed by atoms with Gasteiger partial charge in [-0.1, -0.05) is 12.1 Å². The standard InChI is InChI=1S/C14H14N2O3.C13H16N2O2/c1-8-9(2)12(6-5-11(8)15-4)16-13(10(3)17)7-19-14(16)18;1-8-9(2)12(6-5-11(8)14-4)15-13(7-16)10(3)17/h5-6,13H,7H2,1-3H3;5-6,13,15-16H,7H2,1-3H3/t2*13-/m11/s1. The van der Waals surface area contributed by atoms with Gasteiger partial charge in [0.2, 0.25) is 0 Å². The molecule has 1 aliphatic rings. The molecule has 1 saturated heterocycles. The van der Waals surface area contributed by atoms with Crippen molar-refractivity contribution in [2.45, 2.75) is 53.6 Å². The zero-order valence-corrected chi connectivity index (χ0v) is 21.3.